The number of nitrogens with two attached hydrogens (primary N) is 1. The number of carbonyl (C=O) groups excluding carboxylic acids is 1. The zero-order valence-electron chi connectivity index (χ0n) is 11.1. The average molecular weight is 284 g/mol. The van der Waals surface area contributed by atoms with Crippen LogP contribution in [0.1, 0.15) is 39.6 Å². The van der Waals surface area contributed by atoms with Gasteiger partial charge in [0.2, 0.25) is 0 Å². The van der Waals surface area contributed by atoms with Crippen molar-refractivity contribution in [1.29, 1.82) is 0 Å². The Morgan fingerprint density at radius 3 is 2.85 bits per heavy atom. The third kappa shape index (κ3) is 1.75. The van der Waals surface area contributed by atoms with Gasteiger partial charge in [-0.15, -0.1) is 11.3 Å². The van der Waals surface area contributed by atoms with Gasteiger partial charge in [-0.1, -0.05) is 18.2 Å². The van der Waals surface area contributed by atoms with E-state index in [0.717, 1.165) is 23.5 Å². The number of amides is 1. The van der Waals surface area contributed by atoms with Crippen molar-refractivity contribution < 1.29 is 4.79 Å². The number of fused-ring (bicyclic) bond motifs is 3. The number of hydrogen-bond donors (Lipinski definition) is 2. The van der Waals surface area contributed by atoms with Gasteiger partial charge in [0.15, 0.2) is 0 Å². The number of thiophene rings is 1. The van der Waals surface area contributed by atoms with E-state index in [9.17, 15) is 4.79 Å². The molecule has 0 spiro atoms. The van der Waals surface area contributed by atoms with Crippen molar-refractivity contribution >= 4 is 22.9 Å². The van der Waals surface area contributed by atoms with E-state index in [2.05, 4.69) is 23.5 Å². The van der Waals surface area contributed by atoms with Gasteiger partial charge in [0.05, 0.1) is 4.88 Å². The first-order valence-electron chi connectivity index (χ1n) is 7.04. The van der Waals surface area contributed by atoms with E-state index >= 15 is 0 Å². The second kappa shape index (κ2) is 4.35. The third-order valence-corrected chi connectivity index (χ3v) is 5.42. The SMILES string of the molecule is NC(=O)c1sc2c(c1C1CC1)CCNc1ccccc1-2. The maximum Gasteiger partial charge on any atom is 0.259 e. The molecule has 2 heterocycles. The highest BCUT2D eigenvalue weighted by Crippen LogP contribution is 2.51. The molecule has 0 atom stereocenters. The number of hydrogen-bond acceptors (Lipinski definition) is 3. The smallest absolute Gasteiger partial charge is 0.259 e. The molecule has 0 unspecified atom stereocenters. The van der Waals surface area contributed by atoms with Gasteiger partial charge in [0, 0.05) is 22.7 Å². The molecule has 2 aromatic rings. The summed E-state index contributed by atoms with van der Waals surface area (Å²) in [5.41, 5.74) is 10.6. The number of rotatable bonds is 2. The molecule has 1 aromatic carbocycles. The predicted molar refractivity (Wildman–Crippen MR) is 82.4 cm³/mol. The second-order valence-electron chi connectivity index (χ2n) is 5.51. The molecule has 0 radical (unpaired) electrons. The van der Waals surface area contributed by atoms with Crippen LogP contribution in [0.25, 0.3) is 10.4 Å². The molecule has 102 valence electrons. The normalized spacial score (nSPS) is 16.8. The molecule has 1 aromatic heterocycles. The van der Waals surface area contributed by atoms with Crippen LogP contribution in [0.2, 0.25) is 0 Å². The maximum atomic E-state index is 11.8. The van der Waals surface area contributed by atoms with Crippen LogP contribution < -0.4 is 11.1 Å². The first kappa shape index (κ1) is 12.0. The third-order valence-electron chi connectivity index (χ3n) is 4.12. The Kier molecular flexibility index (Phi) is 2.60. The van der Waals surface area contributed by atoms with Crippen LogP contribution in [0.15, 0.2) is 24.3 Å². The molecule has 2 aliphatic rings. The van der Waals surface area contributed by atoms with Crippen LogP contribution in [0, 0.1) is 0 Å². The fourth-order valence-electron chi connectivity index (χ4n) is 3.09. The van der Waals surface area contributed by atoms with E-state index in [0.29, 0.717) is 5.92 Å². The second-order valence-corrected chi connectivity index (χ2v) is 6.53. The van der Waals surface area contributed by atoms with Gasteiger partial charge in [-0.05, 0) is 42.4 Å². The summed E-state index contributed by atoms with van der Waals surface area (Å²) in [7, 11) is 0. The summed E-state index contributed by atoms with van der Waals surface area (Å²) < 4.78 is 0. The van der Waals surface area contributed by atoms with E-state index in [4.69, 9.17) is 5.73 Å². The zero-order valence-corrected chi connectivity index (χ0v) is 11.9. The largest absolute Gasteiger partial charge is 0.384 e. The minimum Gasteiger partial charge on any atom is -0.384 e. The van der Waals surface area contributed by atoms with Crippen molar-refractivity contribution in [2.24, 2.45) is 5.73 Å². The summed E-state index contributed by atoms with van der Waals surface area (Å²) in [5.74, 6) is 0.290. The average Bonchev–Trinajstić information content (AvgIpc) is 3.23. The van der Waals surface area contributed by atoms with Crippen molar-refractivity contribution in [3.8, 4) is 10.4 Å². The Labute approximate surface area is 121 Å². The van der Waals surface area contributed by atoms with E-state index < -0.39 is 0 Å². The quantitative estimate of drug-likeness (QED) is 0.888. The topological polar surface area (TPSA) is 55.1 Å². The fraction of sp³-hybridized carbons (Fsp3) is 0.312. The van der Waals surface area contributed by atoms with E-state index in [1.165, 1.54) is 34.4 Å². The monoisotopic (exact) mass is 284 g/mol. The van der Waals surface area contributed by atoms with Crippen molar-refractivity contribution in [2.45, 2.75) is 25.2 Å². The lowest BCUT2D eigenvalue weighted by Gasteiger charge is -2.06. The molecule has 4 rings (SSSR count). The van der Waals surface area contributed by atoms with Gasteiger partial charge in [-0.3, -0.25) is 4.79 Å². The first-order chi connectivity index (χ1) is 9.75. The van der Waals surface area contributed by atoms with Gasteiger partial charge in [-0.25, -0.2) is 0 Å². The number of benzene rings is 1. The Morgan fingerprint density at radius 1 is 1.30 bits per heavy atom. The number of primary amides is 1. The lowest BCUT2D eigenvalue weighted by Crippen LogP contribution is -2.12. The van der Waals surface area contributed by atoms with Crippen molar-refractivity contribution in [3.05, 3.63) is 40.3 Å². The summed E-state index contributed by atoms with van der Waals surface area (Å²) in [6, 6.07) is 8.33. The van der Waals surface area contributed by atoms with Gasteiger partial charge < -0.3 is 11.1 Å². The highest BCUT2D eigenvalue weighted by Gasteiger charge is 2.34. The van der Waals surface area contributed by atoms with Gasteiger partial charge in [0.1, 0.15) is 0 Å². The Morgan fingerprint density at radius 2 is 2.10 bits per heavy atom. The standard InChI is InChI=1S/C16H16N2OS/c17-16(19)15-13(9-5-6-9)11-7-8-18-12-4-2-1-3-10(12)14(11)20-15/h1-4,9,18H,5-8H2,(H2,17,19). The minimum atomic E-state index is -0.268. The minimum absolute atomic E-state index is 0.268. The van der Waals surface area contributed by atoms with E-state index in [1.807, 2.05) is 6.07 Å². The molecule has 3 nitrogen and oxygen atoms in total. The molecule has 1 saturated carbocycles. The Balaban J connectivity index is 1.98. The first-order valence-corrected chi connectivity index (χ1v) is 7.86. The summed E-state index contributed by atoms with van der Waals surface area (Å²) >= 11 is 1.58. The molecule has 20 heavy (non-hydrogen) atoms. The molecular weight excluding hydrogens is 268 g/mol. The zero-order chi connectivity index (χ0) is 13.7. The van der Waals surface area contributed by atoms with Crippen LogP contribution in [0.5, 0.6) is 0 Å². The molecule has 1 aliphatic heterocycles. The lowest BCUT2D eigenvalue weighted by atomic mass is 9.99. The van der Waals surface area contributed by atoms with Crippen LogP contribution >= 0.6 is 11.3 Å². The molecule has 0 bridgehead atoms. The molecule has 1 aliphatic carbocycles. The molecular formula is C16H16N2OS. The van der Waals surface area contributed by atoms with Crippen molar-refractivity contribution in [1.82, 2.24) is 0 Å². The number of para-hydroxylation sites is 1. The Hall–Kier alpha value is -1.81. The molecule has 0 saturated heterocycles. The van der Waals surface area contributed by atoms with Crippen molar-refractivity contribution in [3.63, 3.8) is 0 Å². The van der Waals surface area contributed by atoms with E-state index in [-0.39, 0.29) is 5.91 Å². The number of carbonyl (C=O) groups is 1. The molecule has 3 N–H and O–H groups in total. The number of anilines is 1. The highest BCUT2D eigenvalue weighted by molar-refractivity contribution is 7.17. The van der Waals surface area contributed by atoms with Crippen LogP contribution in [-0.2, 0) is 6.42 Å². The fourth-order valence-corrected chi connectivity index (χ4v) is 4.42. The molecule has 4 heteroatoms. The van der Waals surface area contributed by atoms with Gasteiger partial charge >= 0.3 is 0 Å². The van der Waals surface area contributed by atoms with Gasteiger partial charge in [0.25, 0.3) is 5.91 Å². The summed E-state index contributed by atoms with van der Waals surface area (Å²) in [6.07, 6.45) is 3.36. The predicted octanol–water partition coefficient (Wildman–Crippen LogP) is 3.36. The summed E-state index contributed by atoms with van der Waals surface area (Å²) in [4.78, 5) is 13.8. The highest BCUT2D eigenvalue weighted by atomic mass is 32.1. The van der Waals surface area contributed by atoms with Gasteiger partial charge in [-0.2, -0.15) is 0 Å². The van der Waals surface area contributed by atoms with E-state index in [1.54, 1.807) is 11.3 Å². The molecule has 1 amide bonds. The maximum absolute atomic E-state index is 11.8. The van der Waals surface area contributed by atoms with Crippen LogP contribution in [0.3, 0.4) is 0 Å². The van der Waals surface area contributed by atoms with Crippen LogP contribution in [-0.4, -0.2) is 12.5 Å². The molecule has 1 fully saturated rings. The Bertz CT molecular complexity index is 700. The summed E-state index contributed by atoms with van der Waals surface area (Å²) in [5, 5.41) is 3.48. The van der Waals surface area contributed by atoms with Crippen LogP contribution in [0.4, 0.5) is 5.69 Å². The summed E-state index contributed by atoms with van der Waals surface area (Å²) in [6.45, 7) is 0.915. The van der Waals surface area contributed by atoms with Crippen molar-refractivity contribution in [2.75, 3.05) is 11.9 Å². The lowest BCUT2D eigenvalue weighted by molar-refractivity contribution is 0.100. The number of nitrogens with one attached hydrogen (secondary N) is 1.